The van der Waals surface area contributed by atoms with Crippen LogP contribution in [0.1, 0.15) is 56.9 Å². The lowest BCUT2D eigenvalue weighted by molar-refractivity contribution is 0.320. The minimum Gasteiger partial charge on any atom is -0.314 e. The maximum absolute atomic E-state index is 3.81. The highest BCUT2D eigenvalue weighted by molar-refractivity contribution is 5.20. The van der Waals surface area contributed by atoms with Crippen molar-refractivity contribution in [1.82, 2.24) is 5.32 Å². The van der Waals surface area contributed by atoms with Gasteiger partial charge in [-0.1, -0.05) is 37.3 Å². The maximum atomic E-state index is 3.81. The molecule has 1 atom stereocenters. The molecule has 1 aromatic carbocycles. The molecule has 1 unspecified atom stereocenters. The second-order valence-electron chi connectivity index (χ2n) is 6.68. The fourth-order valence-corrected chi connectivity index (χ4v) is 3.54. The molecular weight excluding hydrogens is 230 g/mol. The van der Waals surface area contributed by atoms with Crippen LogP contribution in [0.3, 0.4) is 0 Å². The van der Waals surface area contributed by atoms with E-state index in [1.165, 1.54) is 45.1 Å². The summed E-state index contributed by atoms with van der Waals surface area (Å²) in [5.41, 5.74) is 1.55. The Morgan fingerprint density at radius 1 is 1.00 bits per heavy atom. The molecule has 2 saturated carbocycles. The SMILES string of the molecule is CC(CNC1CCC(c2ccccc2)CC1)C1CC1. The Balaban J connectivity index is 1.42. The summed E-state index contributed by atoms with van der Waals surface area (Å²) < 4.78 is 0. The fraction of sp³-hybridized carbons (Fsp3) is 0.667. The molecule has 19 heavy (non-hydrogen) atoms. The molecule has 0 heterocycles. The van der Waals surface area contributed by atoms with Gasteiger partial charge in [0.25, 0.3) is 0 Å². The van der Waals surface area contributed by atoms with E-state index in [1.807, 2.05) is 0 Å². The Kier molecular flexibility index (Phi) is 4.22. The van der Waals surface area contributed by atoms with E-state index in [9.17, 15) is 0 Å². The fourth-order valence-electron chi connectivity index (χ4n) is 3.54. The van der Waals surface area contributed by atoms with Crippen LogP contribution in [0.5, 0.6) is 0 Å². The van der Waals surface area contributed by atoms with Crippen molar-refractivity contribution in [2.45, 2.75) is 57.4 Å². The Labute approximate surface area is 117 Å². The molecule has 1 N–H and O–H groups in total. The Hall–Kier alpha value is -0.820. The Morgan fingerprint density at radius 3 is 2.32 bits per heavy atom. The average Bonchev–Trinajstić information content (AvgIpc) is 3.31. The van der Waals surface area contributed by atoms with Gasteiger partial charge < -0.3 is 5.32 Å². The molecule has 0 aromatic heterocycles. The number of hydrogen-bond donors (Lipinski definition) is 1. The summed E-state index contributed by atoms with van der Waals surface area (Å²) >= 11 is 0. The van der Waals surface area contributed by atoms with Crippen LogP contribution in [-0.4, -0.2) is 12.6 Å². The van der Waals surface area contributed by atoms with Crippen molar-refractivity contribution in [3.05, 3.63) is 35.9 Å². The van der Waals surface area contributed by atoms with Crippen molar-refractivity contribution < 1.29 is 0 Å². The summed E-state index contributed by atoms with van der Waals surface area (Å²) in [6, 6.07) is 11.9. The van der Waals surface area contributed by atoms with Gasteiger partial charge in [0, 0.05) is 6.04 Å². The summed E-state index contributed by atoms with van der Waals surface area (Å²) in [6.07, 6.45) is 8.39. The van der Waals surface area contributed by atoms with Crippen LogP contribution < -0.4 is 5.32 Å². The van der Waals surface area contributed by atoms with E-state index in [4.69, 9.17) is 0 Å². The molecule has 0 radical (unpaired) electrons. The monoisotopic (exact) mass is 257 g/mol. The van der Waals surface area contributed by atoms with Gasteiger partial charge in [0.15, 0.2) is 0 Å². The third-order valence-electron chi connectivity index (χ3n) is 5.15. The molecular formula is C18H27N. The molecule has 1 aromatic rings. The normalized spacial score (nSPS) is 29.1. The zero-order valence-corrected chi connectivity index (χ0v) is 12.1. The lowest BCUT2D eigenvalue weighted by Gasteiger charge is -2.30. The minimum absolute atomic E-state index is 0.779. The van der Waals surface area contributed by atoms with Crippen LogP contribution in [0.4, 0.5) is 0 Å². The zero-order chi connectivity index (χ0) is 13.1. The van der Waals surface area contributed by atoms with Gasteiger partial charge in [0.05, 0.1) is 0 Å². The van der Waals surface area contributed by atoms with Crippen LogP contribution in [0, 0.1) is 11.8 Å². The van der Waals surface area contributed by atoms with Crippen LogP contribution in [0.15, 0.2) is 30.3 Å². The van der Waals surface area contributed by atoms with Gasteiger partial charge in [-0.2, -0.15) is 0 Å². The molecule has 3 rings (SSSR count). The largest absolute Gasteiger partial charge is 0.314 e. The predicted octanol–water partition coefficient (Wildman–Crippen LogP) is 4.35. The second kappa shape index (κ2) is 6.09. The summed E-state index contributed by atoms with van der Waals surface area (Å²) in [4.78, 5) is 0. The van der Waals surface area contributed by atoms with Crippen molar-refractivity contribution in [2.24, 2.45) is 11.8 Å². The van der Waals surface area contributed by atoms with Crippen molar-refractivity contribution in [3.63, 3.8) is 0 Å². The van der Waals surface area contributed by atoms with E-state index in [2.05, 4.69) is 42.6 Å². The molecule has 1 nitrogen and oxygen atoms in total. The third kappa shape index (κ3) is 3.60. The molecule has 2 aliphatic carbocycles. The van der Waals surface area contributed by atoms with E-state index >= 15 is 0 Å². The third-order valence-corrected chi connectivity index (χ3v) is 5.15. The summed E-state index contributed by atoms with van der Waals surface area (Å²) in [5, 5.41) is 3.81. The summed E-state index contributed by atoms with van der Waals surface area (Å²) in [5.74, 6) is 2.74. The highest BCUT2D eigenvalue weighted by Gasteiger charge is 2.28. The van der Waals surface area contributed by atoms with Gasteiger partial charge in [0.1, 0.15) is 0 Å². The minimum atomic E-state index is 0.779. The molecule has 0 amide bonds. The van der Waals surface area contributed by atoms with Crippen LogP contribution >= 0.6 is 0 Å². The molecule has 1 heteroatoms. The van der Waals surface area contributed by atoms with Crippen molar-refractivity contribution in [3.8, 4) is 0 Å². The predicted molar refractivity (Wildman–Crippen MR) is 81.3 cm³/mol. The highest BCUT2D eigenvalue weighted by Crippen LogP contribution is 2.37. The zero-order valence-electron chi connectivity index (χ0n) is 12.1. The van der Waals surface area contributed by atoms with Gasteiger partial charge in [-0.25, -0.2) is 0 Å². The molecule has 2 aliphatic rings. The highest BCUT2D eigenvalue weighted by atomic mass is 14.9. The first-order chi connectivity index (χ1) is 9.33. The van der Waals surface area contributed by atoms with Crippen molar-refractivity contribution in [2.75, 3.05) is 6.54 Å². The topological polar surface area (TPSA) is 12.0 Å². The van der Waals surface area contributed by atoms with Crippen LogP contribution in [-0.2, 0) is 0 Å². The molecule has 0 saturated heterocycles. The number of rotatable bonds is 5. The average molecular weight is 257 g/mol. The summed E-state index contributed by atoms with van der Waals surface area (Å²) in [6.45, 7) is 3.66. The lowest BCUT2D eigenvalue weighted by Crippen LogP contribution is -2.35. The van der Waals surface area contributed by atoms with Gasteiger partial charge in [-0.05, 0) is 68.4 Å². The van der Waals surface area contributed by atoms with E-state index in [-0.39, 0.29) is 0 Å². The number of benzene rings is 1. The first-order valence-corrected chi connectivity index (χ1v) is 8.11. The van der Waals surface area contributed by atoms with Gasteiger partial charge in [-0.15, -0.1) is 0 Å². The van der Waals surface area contributed by atoms with E-state index in [0.29, 0.717) is 0 Å². The number of nitrogens with one attached hydrogen (secondary N) is 1. The van der Waals surface area contributed by atoms with E-state index in [0.717, 1.165) is 23.8 Å². The molecule has 0 aliphatic heterocycles. The molecule has 0 spiro atoms. The smallest absolute Gasteiger partial charge is 0.00676 e. The van der Waals surface area contributed by atoms with Crippen molar-refractivity contribution in [1.29, 1.82) is 0 Å². The summed E-state index contributed by atoms with van der Waals surface area (Å²) in [7, 11) is 0. The van der Waals surface area contributed by atoms with Gasteiger partial charge in [0.2, 0.25) is 0 Å². The Morgan fingerprint density at radius 2 is 1.68 bits per heavy atom. The standard InChI is InChI=1S/C18H27N/c1-14(15-7-8-15)13-19-18-11-9-17(10-12-18)16-5-3-2-4-6-16/h2-6,14-15,17-19H,7-13H2,1H3. The van der Waals surface area contributed by atoms with E-state index in [1.54, 1.807) is 5.56 Å². The second-order valence-corrected chi connectivity index (χ2v) is 6.68. The lowest BCUT2D eigenvalue weighted by atomic mass is 9.81. The molecule has 2 fully saturated rings. The first-order valence-electron chi connectivity index (χ1n) is 8.11. The first kappa shape index (κ1) is 13.2. The van der Waals surface area contributed by atoms with Crippen LogP contribution in [0.25, 0.3) is 0 Å². The van der Waals surface area contributed by atoms with Gasteiger partial charge in [-0.3, -0.25) is 0 Å². The molecule has 104 valence electrons. The van der Waals surface area contributed by atoms with Crippen LogP contribution in [0.2, 0.25) is 0 Å². The van der Waals surface area contributed by atoms with E-state index < -0.39 is 0 Å². The number of hydrogen-bond acceptors (Lipinski definition) is 1. The van der Waals surface area contributed by atoms with Crippen molar-refractivity contribution >= 4 is 0 Å². The Bertz CT molecular complexity index is 374. The van der Waals surface area contributed by atoms with Gasteiger partial charge >= 0.3 is 0 Å². The quantitative estimate of drug-likeness (QED) is 0.827. The molecule has 0 bridgehead atoms. The maximum Gasteiger partial charge on any atom is 0.00676 e.